The van der Waals surface area contributed by atoms with Crippen LogP contribution in [0.1, 0.15) is 131 Å². The van der Waals surface area contributed by atoms with Gasteiger partial charge in [-0.2, -0.15) is 0 Å². The zero-order valence-electron chi connectivity index (χ0n) is 45.8. The predicted molar refractivity (Wildman–Crippen MR) is 289 cm³/mol. The van der Waals surface area contributed by atoms with Gasteiger partial charge in [-0.3, -0.25) is 33.6 Å². The first-order chi connectivity index (χ1) is 35.5. The van der Waals surface area contributed by atoms with Gasteiger partial charge >= 0.3 is 5.97 Å². The van der Waals surface area contributed by atoms with Gasteiger partial charge in [-0.05, 0) is 81.7 Å². The molecule has 4 N–H and O–H groups in total. The summed E-state index contributed by atoms with van der Waals surface area (Å²) in [4.78, 5) is 94.3. The van der Waals surface area contributed by atoms with E-state index < -0.39 is 28.9 Å². The SMILES string of the molecule is CCC(C)n1nnc2c1-c1ccccc1CN(C(=O)CCNC(=O)C(C)(C)CCOC(C)(C)CCN(C)C(=O)CCCC(=O)NC(C(=O)NCC(=O)Nc1ccc(COC(=O)C(C)C)cc1)C(C)C)c1ccccc1-2. The van der Waals surface area contributed by atoms with Crippen LogP contribution >= 0.6 is 0 Å². The highest BCUT2D eigenvalue weighted by Crippen LogP contribution is 2.42. The van der Waals surface area contributed by atoms with Crippen LogP contribution in [0.2, 0.25) is 0 Å². The van der Waals surface area contributed by atoms with Crippen molar-refractivity contribution in [1.29, 1.82) is 0 Å². The van der Waals surface area contributed by atoms with Crippen molar-refractivity contribution < 1.29 is 43.0 Å². The Morgan fingerprint density at radius 2 is 1.48 bits per heavy atom. The van der Waals surface area contributed by atoms with Gasteiger partial charge in [-0.25, -0.2) is 4.68 Å². The maximum atomic E-state index is 14.1. The van der Waals surface area contributed by atoms with Crippen molar-refractivity contribution in [1.82, 2.24) is 35.8 Å². The maximum absolute atomic E-state index is 14.1. The van der Waals surface area contributed by atoms with Crippen LogP contribution in [-0.4, -0.2) is 106 Å². The first kappa shape index (κ1) is 58.9. The summed E-state index contributed by atoms with van der Waals surface area (Å²) in [6.07, 6.45) is 2.37. The number of fused-ring (bicyclic) bond motifs is 5. The van der Waals surface area contributed by atoms with Crippen molar-refractivity contribution in [3.63, 3.8) is 0 Å². The van der Waals surface area contributed by atoms with Gasteiger partial charge in [0.2, 0.25) is 35.4 Å². The van der Waals surface area contributed by atoms with Gasteiger partial charge in [0.15, 0.2) is 0 Å². The van der Waals surface area contributed by atoms with E-state index >= 15 is 0 Å². The van der Waals surface area contributed by atoms with Crippen molar-refractivity contribution in [2.75, 3.05) is 43.5 Å². The second kappa shape index (κ2) is 27.0. The largest absolute Gasteiger partial charge is 0.461 e. The Balaban J connectivity index is 0.996. The van der Waals surface area contributed by atoms with E-state index in [9.17, 15) is 33.6 Å². The Labute approximate surface area is 442 Å². The van der Waals surface area contributed by atoms with Crippen LogP contribution < -0.4 is 26.2 Å². The Kier molecular flexibility index (Phi) is 21.2. The van der Waals surface area contributed by atoms with Gasteiger partial charge in [0.05, 0.1) is 42.0 Å². The van der Waals surface area contributed by atoms with Crippen LogP contribution in [0.25, 0.3) is 22.5 Å². The summed E-state index contributed by atoms with van der Waals surface area (Å²) in [6, 6.07) is 21.8. The Morgan fingerprint density at radius 1 is 0.800 bits per heavy atom. The molecule has 1 aromatic heterocycles. The second-order valence-electron chi connectivity index (χ2n) is 21.3. The number of rotatable bonds is 26. The first-order valence-corrected chi connectivity index (χ1v) is 26.2. The van der Waals surface area contributed by atoms with Gasteiger partial charge in [0, 0.05) is 68.2 Å². The summed E-state index contributed by atoms with van der Waals surface area (Å²) in [5, 5.41) is 20.3. The molecule has 406 valence electrons. The lowest BCUT2D eigenvalue weighted by Crippen LogP contribution is -2.51. The molecule has 18 heteroatoms. The molecule has 2 atom stereocenters. The predicted octanol–water partition coefficient (Wildman–Crippen LogP) is 7.76. The molecule has 0 bridgehead atoms. The molecular formula is C57H79N9O9. The Bertz CT molecular complexity index is 2620. The number of nitrogens with zero attached hydrogens (tertiary/aromatic N) is 5. The molecule has 75 heavy (non-hydrogen) atoms. The minimum atomic E-state index is -0.886. The minimum absolute atomic E-state index is 0.0323. The molecule has 4 aromatic rings. The molecule has 1 aliphatic heterocycles. The molecule has 0 radical (unpaired) electrons. The Morgan fingerprint density at radius 3 is 2.16 bits per heavy atom. The first-order valence-electron chi connectivity index (χ1n) is 26.2. The van der Waals surface area contributed by atoms with Crippen LogP contribution in [0.4, 0.5) is 11.4 Å². The number of ether oxygens (including phenoxy) is 2. The van der Waals surface area contributed by atoms with E-state index in [1.54, 1.807) is 68.8 Å². The highest BCUT2D eigenvalue weighted by molar-refractivity contribution is 6.00. The molecule has 0 fully saturated rings. The number of benzene rings is 3. The van der Waals surface area contributed by atoms with Crippen LogP contribution in [0.3, 0.4) is 0 Å². The van der Waals surface area contributed by atoms with E-state index in [-0.39, 0.29) is 92.9 Å². The van der Waals surface area contributed by atoms with Gasteiger partial charge in [-0.15, -0.1) is 5.10 Å². The summed E-state index contributed by atoms with van der Waals surface area (Å²) >= 11 is 0. The van der Waals surface area contributed by atoms with Gasteiger partial charge in [0.25, 0.3) is 0 Å². The number of carbonyl (C=O) groups excluding carboxylic acids is 7. The fourth-order valence-electron chi connectivity index (χ4n) is 8.33. The summed E-state index contributed by atoms with van der Waals surface area (Å²) in [5.41, 5.74) is 5.05. The lowest BCUT2D eigenvalue weighted by molar-refractivity contribution is -0.148. The summed E-state index contributed by atoms with van der Waals surface area (Å²) in [6.45, 7) is 19.9. The number of nitrogens with one attached hydrogen (secondary N) is 4. The summed E-state index contributed by atoms with van der Waals surface area (Å²) < 4.78 is 13.5. The van der Waals surface area contributed by atoms with Crippen molar-refractivity contribution in [3.8, 4) is 22.5 Å². The van der Waals surface area contributed by atoms with Crippen LogP contribution in [0.15, 0.2) is 72.8 Å². The zero-order valence-corrected chi connectivity index (χ0v) is 45.8. The van der Waals surface area contributed by atoms with Crippen molar-refractivity contribution in [2.24, 2.45) is 17.3 Å². The highest BCUT2D eigenvalue weighted by Gasteiger charge is 2.32. The molecule has 2 heterocycles. The molecule has 3 aromatic carbocycles. The minimum Gasteiger partial charge on any atom is -0.461 e. The van der Waals surface area contributed by atoms with Crippen molar-refractivity contribution in [2.45, 2.75) is 145 Å². The fourth-order valence-corrected chi connectivity index (χ4v) is 8.33. The molecule has 1 aliphatic rings. The highest BCUT2D eigenvalue weighted by atomic mass is 16.5. The summed E-state index contributed by atoms with van der Waals surface area (Å²) in [5.74, 6) is -2.60. The van der Waals surface area contributed by atoms with Crippen LogP contribution in [-0.2, 0) is 56.2 Å². The number of para-hydroxylation sites is 1. The number of aromatic nitrogens is 3. The number of esters is 1. The third kappa shape index (κ3) is 16.8. The number of carbonyl (C=O) groups is 7. The molecule has 5 rings (SSSR count). The van der Waals surface area contributed by atoms with Gasteiger partial charge < -0.3 is 40.5 Å². The number of hydrogen-bond donors (Lipinski definition) is 4. The van der Waals surface area contributed by atoms with Crippen molar-refractivity contribution in [3.05, 3.63) is 83.9 Å². The van der Waals surface area contributed by atoms with E-state index in [1.807, 2.05) is 74.8 Å². The van der Waals surface area contributed by atoms with E-state index in [4.69, 9.17) is 9.47 Å². The number of anilines is 2. The molecule has 18 nitrogen and oxygen atoms in total. The zero-order chi connectivity index (χ0) is 55.0. The smallest absolute Gasteiger partial charge is 0.308 e. The number of amides is 6. The van der Waals surface area contributed by atoms with E-state index in [1.165, 1.54) is 0 Å². The molecule has 0 saturated carbocycles. The van der Waals surface area contributed by atoms with E-state index in [0.717, 1.165) is 45.7 Å². The Hall–Kier alpha value is -6.95. The number of hydrogen-bond acceptors (Lipinski definition) is 11. The maximum Gasteiger partial charge on any atom is 0.308 e. The quantitative estimate of drug-likeness (QED) is 0.0445. The van der Waals surface area contributed by atoms with Crippen LogP contribution in [0, 0.1) is 17.3 Å². The topological polar surface area (TPSA) is 223 Å². The summed E-state index contributed by atoms with van der Waals surface area (Å²) in [7, 11) is 1.70. The molecule has 0 spiro atoms. The molecule has 0 saturated heterocycles. The standard InChI is InChI=1S/C57H79N9O9/c1-12-39(6)66-52-43-19-14-13-18-41(43)35-65(45-21-16-15-20-44(45)51(52)62-63-66)49(70)28-31-58-55(73)56(7,8)30-33-75-57(9,10)29-32-64(11)48(69)23-17-22-46(67)61-50(37(2)3)53(71)59-34-47(68)60-42-26-24-40(25-27-42)36-74-54(72)38(4)5/h13-16,18-21,24-27,37-39,50H,12,17,22-23,28-36H2,1-11H3,(H,58,73)(H,59,71)(H,60,68)(H,61,67). The monoisotopic (exact) mass is 1030 g/mol. The third-order valence-electron chi connectivity index (χ3n) is 13.6. The molecular weight excluding hydrogens is 955 g/mol. The fraction of sp³-hybridized carbons (Fsp3) is 0.526. The van der Waals surface area contributed by atoms with E-state index in [0.29, 0.717) is 38.2 Å². The second-order valence-corrected chi connectivity index (χ2v) is 21.3. The van der Waals surface area contributed by atoms with Gasteiger partial charge in [0.1, 0.15) is 18.3 Å². The molecule has 0 aliphatic carbocycles. The normalized spacial score (nSPS) is 13.1. The van der Waals surface area contributed by atoms with Gasteiger partial charge in [-0.1, -0.05) is 108 Å². The lowest BCUT2D eigenvalue weighted by Gasteiger charge is -2.31. The third-order valence-corrected chi connectivity index (χ3v) is 13.6. The van der Waals surface area contributed by atoms with Crippen molar-refractivity contribution >= 4 is 52.8 Å². The van der Waals surface area contributed by atoms with Crippen LogP contribution in [0.5, 0.6) is 0 Å². The molecule has 6 amide bonds. The lowest BCUT2D eigenvalue weighted by atomic mass is 9.88. The van der Waals surface area contributed by atoms with E-state index in [2.05, 4.69) is 51.5 Å². The average molecular weight is 1030 g/mol. The average Bonchev–Trinajstić information content (AvgIpc) is 3.81. The molecule has 2 unspecified atom stereocenters.